The van der Waals surface area contributed by atoms with Crippen molar-refractivity contribution in [1.29, 1.82) is 0 Å². The lowest BCUT2D eigenvalue weighted by Crippen LogP contribution is -2.05. The summed E-state index contributed by atoms with van der Waals surface area (Å²) in [5.41, 5.74) is 0. The Morgan fingerprint density at radius 3 is 2.18 bits per heavy atom. The lowest BCUT2D eigenvalue weighted by atomic mass is 10.1. The molecule has 3 nitrogen and oxygen atoms in total. The standard InChI is InChI=1S/C14H26O3/c1-3-5-12-17-14(16)11-8-6-7-10-13(15)9-4-2/h3-12H2,1-2H3. The molecule has 0 atom stereocenters. The third-order valence-electron chi connectivity index (χ3n) is 2.63. The van der Waals surface area contributed by atoms with Crippen LogP contribution >= 0.6 is 0 Å². The number of ketones is 1. The molecule has 0 aromatic heterocycles. The van der Waals surface area contributed by atoms with Crippen LogP contribution in [-0.4, -0.2) is 18.4 Å². The average molecular weight is 242 g/mol. The van der Waals surface area contributed by atoms with Crippen molar-refractivity contribution in [2.24, 2.45) is 0 Å². The van der Waals surface area contributed by atoms with Crippen LogP contribution in [0.5, 0.6) is 0 Å². The lowest BCUT2D eigenvalue weighted by Gasteiger charge is -2.03. The Labute approximate surface area is 105 Å². The molecule has 0 radical (unpaired) electrons. The summed E-state index contributed by atoms with van der Waals surface area (Å²) < 4.78 is 5.04. The molecule has 0 amide bonds. The second-order valence-electron chi connectivity index (χ2n) is 4.42. The molecule has 17 heavy (non-hydrogen) atoms. The van der Waals surface area contributed by atoms with Gasteiger partial charge in [-0.05, 0) is 25.7 Å². The summed E-state index contributed by atoms with van der Waals surface area (Å²) in [5.74, 6) is 0.247. The smallest absolute Gasteiger partial charge is 0.305 e. The summed E-state index contributed by atoms with van der Waals surface area (Å²) in [6.07, 6.45) is 7.46. The van der Waals surface area contributed by atoms with Crippen molar-refractivity contribution >= 4 is 11.8 Å². The van der Waals surface area contributed by atoms with Gasteiger partial charge >= 0.3 is 5.97 Å². The summed E-state index contributed by atoms with van der Waals surface area (Å²) in [4.78, 5) is 22.5. The lowest BCUT2D eigenvalue weighted by molar-refractivity contribution is -0.143. The number of hydrogen-bond acceptors (Lipinski definition) is 3. The van der Waals surface area contributed by atoms with Crippen molar-refractivity contribution in [3.63, 3.8) is 0 Å². The van der Waals surface area contributed by atoms with Gasteiger partial charge in [-0.3, -0.25) is 9.59 Å². The maximum absolute atomic E-state index is 11.2. The van der Waals surface area contributed by atoms with Crippen LogP contribution in [0, 0.1) is 0 Å². The molecule has 0 aliphatic carbocycles. The molecule has 0 fully saturated rings. The Hall–Kier alpha value is -0.860. The predicted octanol–water partition coefficient (Wildman–Crippen LogP) is 3.65. The fraction of sp³-hybridized carbons (Fsp3) is 0.857. The fourth-order valence-corrected chi connectivity index (χ4v) is 1.57. The fourth-order valence-electron chi connectivity index (χ4n) is 1.57. The summed E-state index contributed by atoms with van der Waals surface area (Å²) in [6, 6.07) is 0. The van der Waals surface area contributed by atoms with Crippen molar-refractivity contribution in [2.75, 3.05) is 6.61 Å². The van der Waals surface area contributed by atoms with E-state index < -0.39 is 0 Å². The molecule has 0 bridgehead atoms. The quantitative estimate of drug-likeness (QED) is 0.410. The highest BCUT2D eigenvalue weighted by molar-refractivity contribution is 5.78. The van der Waals surface area contributed by atoms with E-state index in [2.05, 4.69) is 6.92 Å². The van der Waals surface area contributed by atoms with E-state index in [1.165, 1.54) is 0 Å². The minimum atomic E-state index is -0.0988. The molecule has 3 heteroatoms. The first kappa shape index (κ1) is 16.1. The van der Waals surface area contributed by atoms with E-state index in [1.54, 1.807) is 0 Å². The molecule has 0 saturated carbocycles. The predicted molar refractivity (Wildman–Crippen MR) is 68.9 cm³/mol. The number of ether oxygens (including phenoxy) is 1. The summed E-state index contributed by atoms with van der Waals surface area (Å²) in [6.45, 7) is 4.63. The zero-order valence-corrected chi connectivity index (χ0v) is 11.3. The van der Waals surface area contributed by atoms with Gasteiger partial charge in [0, 0.05) is 19.3 Å². The summed E-state index contributed by atoms with van der Waals surface area (Å²) >= 11 is 0. The summed E-state index contributed by atoms with van der Waals surface area (Å²) in [7, 11) is 0. The van der Waals surface area contributed by atoms with Crippen LogP contribution in [0.15, 0.2) is 0 Å². The molecule has 0 rings (SSSR count). The van der Waals surface area contributed by atoms with Crippen molar-refractivity contribution in [3.8, 4) is 0 Å². The highest BCUT2D eigenvalue weighted by Gasteiger charge is 2.03. The Balaban J connectivity index is 3.27. The molecule has 0 unspecified atom stereocenters. The number of carbonyl (C=O) groups excluding carboxylic acids is 2. The highest BCUT2D eigenvalue weighted by atomic mass is 16.5. The zero-order chi connectivity index (χ0) is 12.9. The largest absolute Gasteiger partial charge is 0.466 e. The van der Waals surface area contributed by atoms with E-state index >= 15 is 0 Å². The van der Waals surface area contributed by atoms with Gasteiger partial charge in [0.05, 0.1) is 6.61 Å². The molecular weight excluding hydrogens is 216 g/mol. The number of esters is 1. The topological polar surface area (TPSA) is 43.4 Å². The molecule has 100 valence electrons. The molecule has 0 aromatic carbocycles. The molecule has 0 spiro atoms. The number of rotatable bonds is 11. The second-order valence-corrected chi connectivity index (χ2v) is 4.42. The first-order chi connectivity index (χ1) is 8.20. The Morgan fingerprint density at radius 1 is 0.824 bits per heavy atom. The second kappa shape index (κ2) is 11.6. The van der Waals surface area contributed by atoms with E-state index in [-0.39, 0.29) is 5.97 Å². The SMILES string of the molecule is CCCCOC(=O)CCCCCC(=O)CCC. The van der Waals surface area contributed by atoms with Crippen LogP contribution in [0.25, 0.3) is 0 Å². The number of hydrogen-bond donors (Lipinski definition) is 0. The number of carbonyl (C=O) groups is 2. The molecule has 0 saturated heterocycles. The molecule has 0 aliphatic heterocycles. The van der Waals surface area contributed by atoms with Crippen LogP contribution in [0.1, 0.15) is 71.6 Å². The molecule has 0 aromatic rings. The third-order valence-corrected chi connectivity index (χ3v) is 2.63. The Kier molecular flexibility index (Phi) is 11.0. The molecule has 0 heterocycles. The van der Waals surface area contributed by atoms with Crippen LogP contribution in [-0.2, 0) is 14.3 Å². The maximum Gasteiger partial charge on any atom is 0.305 e. The van der Waals surface area contributed by atoms with Gasteiger partial charge in [-0.1, -0.05) is 26.7 Å². The highest BCUT2D eigenvalue weighted by Crippen LogP contribution is 2.06. The van der Waals surface area contributed by atoms with Crippen LogP contribution in [0.3, 0.4) is 0 Å². The van der Waals surface area contributed by atoms with Crippen molar-refractivity contribution < 1.29 is 14.3 Å². The van der Waals surface area contributed by atoms with E-state index in [4.69, 9.17) is 4.74 Å². The van der Waals surface area contributed by atoms with E-state index in [1.807, 2.05) is 6.92 Å². The summed E-state index contributed by atoms with van der Waals surface area (Å²) in [5, 5.41) is 0. The minimum Gasteiger partial charge on any atom is -0.466 e. The van der Waals surface area contributed by atoms with E-state index in [0.29, 0.717) is 31.7 Å². The third kappa shape index (κ3) is 11.4. The van der Waals surface area contributed by atoms with Gasteiger partial charge in [0.25, 0.3) is 0 Å². The first-order valence-electron chi connectivity index (χ1n) is 6.88. The van der Waals surface area contributed by atoms with Crippen molar-refractivity contribution in [1.82, 2.24) is 0 Å². The van der Waals surface area contributed by atoms with Crippen LogP contribution in [0.2, 0.25) is 0 Å². The van der Waals surface area contributed by atoms with Crippen molar-refractivity contribution in [2.45, 2.75) is 71.6 Å². The number of Topliss-reactive ketones (excluding diaryl/α,β-unsaturated/α-hetero) is 1. The first-order valence-corrected chi connectivity index (χ1v) is 6.88. The van der Waals surface area contributed by atoms with Crippen LogP contribution in [0.4, 0.5) is 0 Å². The molecular formula is C14H26O3. The average Bonchev–Trinajstić information content (AvgIpc) is 2.29. The Bertz CT molecular complexity index is 212. The van der Waals surface area contributed by atoms with E-state index in [0.717, 1.165) is 38.5 Å². The zero-order valence-electron chi connectivity index (χ0n) is 11.3. The minimum absolute atomic E-state index is 0.0988. The monoisotopic (exact) mass is 242 g/mol. The molecule has 0 aliphatic rings. The van der Waals surface area contributed by atoms with Gasteiger partial charge in [-0.25, -0.2) is 0 Å². The van der Waals surface area contributed by atoms with Gasteiger partial charge in [-0.15, -0.1) is 0 Å². The van der Waals surface area contributed by atoms with Crippen LogP contribution < -0.4 is 0 Å². The normalized spacial score (nSPS) is 10.2. The van der Waals surface area contributed by atoms with Gasteiger partial charge in [-0.2, -0.15) is 0 Å². The van der Waals surface area contributed by atoms with Crippen molar-refractivity contribution in [3.05, 3.63) is 0 Å². The number of unbranched alkanes of at least 4 members (excludes halogenated alkanes) is 3. The molecule has 0 N–H and O–H groups in total. The van der Waals surface area contributed by atoms with Gasteiger partial charge in [0.15, 0.2) is 0 Å². The maximum atomic E-state index is 11.2. The van der Waals surface area contributed by atoms with E-state index in [9.17, 15) is 9.59 Å². The van der Waals surface area contributed by atoms with Gasteiger partial charge in [0.2, 0.25) is 0 Å². The van der Waals surface area contributed by atoms with Gasteiger partial charge < -0.3 is 4.74 Å². The Morgan fingerprint density at radius 2 is 1.53 bits per heavy atom. The van der Waals surface area contributed by atoms with Gasteiger partial charge in [0.1, 0.15) is 5.78 Å².